The van der Waals surface area contributed by atoms with Crippen molar-refractivity contribution in [3.05, 3.63) is 29.8 Å². The van der Waals surface area contributed by atoms with E-state index in [1.807, 2.05) is 31.2 Å². The average molecular weight is 236 g/mol. The van der Waals surface area contributed by atoms with E-state index in [0.29, 0.717) is 13.2 Å². The topological polar surface area (TPSA) is 73.6 Å². The number of nitrogens with two attached hydrogens (primary N) is 1. The molecule has 1 saturated heterocycles. The number of carbonyl (C=O) groups is 1. The van der Waals surface area contributed by atoms with Crippen molar-refractivity contribution in [1.29, 1.82) is 0 Å². The maximum absolute atomic E-state index is 11.1. The number of ether oxygens (including phenoxy) is 2. The van der Waals surface area contributed by atoms with Gasteiger partial charge < -0.3 is 20.5 Å². The van der Waals surface area contributed by atoms with E-state index in [1.54, 1.807) is 0 Å². The predicted molar refractivity (Wildman–Crippen MR) is 62.8 cm³/mol. The number of amides is 1. The van der Waals surface area contributed by atoms with Gasteiger partial charge in [-0.2, -0.15) is 0 Å². The highest BCUT2D eigenvalue weighted by Crippen LogP contribution is 2.29. The van der Waals surface area contributed by atoms with Gasteiger partial charge in [0.15, 0.2) is 5.60 Å². The van der Waals surface area contributed by atoms with Gasteiger partial charge in [0.1, 0.15) is 5.75 Å². The number of cyclic esters (lactones) is 1. The summed E-state index contributed by atoms with van der Waals surface area (Å²) in [7, 11) is 0. The molecule has 17 heavy (non-hydrogen) atoms. The van der Waals surface area contributed by atoms with Crippen LogP contribution >= 0.6 is 0 Å². The van der Waals surface area contributed by atoms with E-state index >= 15 is 0 Å². The molecule has 1 atom stereocenters. The summed E-state index contributed by atoms with van der Waals surface area (Å²) in [6.45, 7) is 3.20. The van der Waals surface area contributed by atoms with Crippen molar-refractivity contribution < 1.29 is 14.3 Å². The lowest BCUT2D eigenvalue weighted by Gasteiger charge is -2.25. The first kappa shape index (κ1) is 11.7. The van der Waals surface area contributed by atoms with Crippen molar-refractivity contribution in [2.75, 3.05) is 19.7 Å². The number of nitrogens with one attached hydrogen (secondary N) is 1. The fraction of sp³-hybridized carbons (Fsp3) is 0.417. The summed E-state index contributed by atoms with van der Waals surface area (Å²) in [6.07, 6.45) is -0.427. The molecular formula is C12H16N2O3. The van der Waals surface area contributed by atoms with Crippen LogP contribution in [0.2, 0.25) is 0 Å². The molecule has 0 spiro atoms. The second kappa shape index (κ2) is 4.63. The molecule has 0 bridgehead atoms. The zero-order valence-corrected chi connectivity index (χ0v) is 9.73. The molecule has 0 saturated carbocycles. The molecule has 0 aromatic heterocycles. The Hall–Kier alpha value is -1.75. The first-order chi connectivity index (χ1) is 8.20. The van der Waals surface area contributed by atoms with Crippen LogP contribution in [-0.2, 0) is 10.3 Å². The molecule has 1 fully saturated rings. The second-order valence-electron chi connectivity index (χ2n) is 3.90. The van der Waals surface area contributed by atoms with E-state index in [2.05, 4.69) is 5.32 Å². The summed E-state index contributed by atoms with van der Waals surface area (Å²) in [4.78, 5) is 11.1. The standard InChI is InChI=1S/C12H16N2O3/c1-2-16-10-5-3-9(4-6-10)12(7-13)8-14-11(15)17-12/h3-6H,2,7-8,13H2,1H3,(H,14,15). The minimum Gasteiger partial charge on any atom is -0.494 e. The SMILES string of the molecule is CCOc1ccc(C2(CN)CNC(=O)O2)cc1. The molecule has 0 aliphatic carbocycles. The summed E-state index contributed by atoms with van der Waals surface area (Å²) < 4.78 is 10.6. The molecule has 1 aliphatic rings. The Morgan fingerprint density at radius 3 is 2.65 bits per heavy atom. The lowest BCUT2D eigenvalue weighted by molar-refractivity contribution is 0.0617. The molecule has 92 valence electrons. The van der Waals surface area contributed by atoms with Crippen molar-refractivity contribution >= 4 is 6.09 Å². The fourth-order valence-corrected chi connectivity index (χ4v) is 1.88. The van der Waals surface area contributed by atoms with E-state index in [9.17, 15) is 4.79 Å². The van der Waals surface area contributed by atoms with Crippen molar-refractivity contribution in [2.24, 2.45) is 5.73 Å². The quantitative estimate of drug-likeness (QED) is 0.817. The Morgan fingerprint density at radius 1 is 1.47 bits per heavy atom. The maximum Gasteiger partial charge on any atom is 0.408 e. The average Bonchev–Trinajstić information content (AvgIpc) is 2.74. The summed E-state index contributed by atoms with van der Waals surface area (Å²) in [5, 5.41) is 2.63. The predicted octanol–water partition coefficient (Wildman–Crippen LogP) is 0.979. The Bertz CT molecular complexity index is 405. The van der Waals surface area contributed by atoms with Crippen molar-refractivity contribution in [3.8, 4) is 5.75 Å². The van der Waals surface area contributed by atoms with Crippen LogP contribution in [0.25, 0.3) is 0 Å². The summed E-state index contributed by atoms with van der Waals surface area (Å²) in [6, 6.07) is 7.45. The van der Waals surface area contributed by atoms with Crippen molar-refractivity contribution in [3.63, 3.8) is 0 Å². The van der Waals surface area contributed by atoms with Gasteiger partial charge in [-0.1, -0.05) is 12.1 Å². The van der Waals surface area contributed by atoms with Gasteiger partial charge in [-0.05, 0) is 24.6 Å². The molecular weight excluding hydrogens is 220 g/mol. The van der Waals surface area contributed by atoms with Gasteiger partial charge in [-0.15, -0.1) is 0 Å². The van der Waals surface area contributed by atoms with Crippen LogP contribution in [0, 0.1) is 0 Å². The highest BCUT2D eigenvalue weighted by molar-refractivity contribution is 5.70. The first-order valence-electron chi connectivity index (χ1n) is 5.60. The van der Waals surface area contributed by atoms with Gasteiger partial charge in [-0.25, -0.2) is 4.79 Å². The van der Waals surface area contributed by atoms with Gasteiger partial charge in [0.2, 0.25) is 0 Å². The lowest BCUT2D eigenvalue weighted by Crippen LogP contribution is -2.38. The Morgan fingerprint density at radius 2 is 2.18 bits per heavy atom. The smallest absolute Gasteiger partial charge is 0.408 e. The molecule has 5 heteroatoms. The molecule has 1 unspecified atom stereocenters. The number of benzene rings is 1. The number of hydrogen-bond acceptors (Lipinski definition) is 4. The van der Waals surface area contributed by atoms with Crippen LogP contribution in [0.15, 0.2) is 24.3 Å². The first-order valence-corrected chi connectivity index (χ1v) is 5.60. The van der Waals surface area contributed by atoms with Gasteiger partial charge in [0.05, 0.1) is 13.2 Å². The van der Waals surface area contributed by atoms with Crippen LogP contribution in [0.1, 0.15) is 12.5 Å². The lowest BCUT2D eigenvalue weighted by atomic mass is 9.94. The largest absolute Gasteiger partial charge is 0.494 e. The summed E-state index contributed by atoms with van der Waals surface area (Å²) in [5.41, 5.74) is 5.84. The van der Waals surface area contributed by atoms with E-state index in [-0.39, 0.29) is 6.54 Å². The summed E-state index contributed by atoms with van der Waals surface area (Å²) in [5.74, 6) is 0.792. The molecule has 1 aliphatic heterocycles. The Balaban J connectivity index is 2.23. The van der Waals surface area contributed by atoms with E-state index in [1.165, 1.54) is 0 Å². The van der Waals surface area contributed by atoms with E-state index < -0.39 is 11.7 Å². The van der Waals surface area contributed by atoms with Crippen LogP contribution in [0.3, 0.4) is 0 Å². The molecule has 1 aromatic carbocycles. The molecule has 3 N–H and O–H groups in total. The van der Waals surface area contributed by atoms with Gasteiger partial charge >= 0.3 is 6.09 Å². The monoisotopic (exact) mass is 236 g/mol. The maximum atomic E-state index is 11.1. The number of hydrogen-bond donors (Lipinski definition) is 2. The van der Waals surface area contributed by atoms with E-state index in [4.69, 9.17) is 15.2 Å². The Labute approximate surface area is 99.9 Å². The second-order valence-corrected chi connectivity index (χ2v) is 3.90. The molecule has 1 aromatic rings. The zero-order valence-electron chi connectivity index (χ0n) is 9.73. The van der Waals surface area contributed by atoms with E-state index in [0.717, 1.165) is 11.3 Å². The minimum absolute atomic E-state index is 0.250. The van der Waals surface area contributed by atoms with Crippen LogP contribution in [-0.4, -0.2) is 25.8 Å². The molecule has 1 heterocycles. The third-order valence-corrected chi connectivity index (χ3v) is 2.83. The van der Waals surface area contributed by atoms with Gasteiger partial charge in [-0.3, -0.25) is 0 Å². The fourth-order valence-electron chi connectivity index (χ4n) is 1.88. The van der Waals surface area contributed by atoms with Gasteiger partial charge in [0, 0.05) is 6.54 Å². The van der Waals surface area contributed by atoms with Crippen molar-refractivity contribution in [1.82, 2.24) is 5.32 Å². The van der Waals surface area contributed by atoms with Crippen LogP contribution in [0.5, 0.6) is 5.75 Å². The summed E-state index contributed by atoms with van der Waals surface area (Å²) >= 11 is 0. The molecule has 2 rings (SSSR count). The Kier molecular flexibility index (Phi) is 3.19. The van der Waals surface area contributed by atoms with Gasteiger partial charge in [0.25, 0.3) is 0 Å². The zero-order chi connectivity index (χ0) is 12.3. The highest BCUT2D eigenvalue weighted by Gasteiger charge is 2.40. The molecule has 5 nitrogen and oxygen atoms in total. The molecule has 1 amide bonds. The third-order valence-electron chi connectivity index (χ3n) is 2.83. The molecule has 0 radical (unpaired) electrons. The van der Waals surface area contributed by atoms with Crippen LogP contribution in [0.4, 0.5) is 4.79 Å². The normalized spacial score (nSPS) is 23.1. The van der Waals surface area contributed by atoms with Crippen LogP contribution < -0.4 is 15.8 Å². The third kappa shape index (κ3) is 2.19. The highest BCUT2D eigenvalue weighted by atomic mass is 16.6. The minimum atomic E-state index is -0.748. The number of alkyl carbamates (subject to hydrolysis) is 1. The van der Waals surface area contributed by atoms with Crippen molar-refractivity contribution in [2.45, 2.75) is 12.5 Å². The number of rotatable bonds is 4. The number of carbonyl (C=O) groups excluding carboxylic acids is 1.